The minimum absolute atomic E-state index is 0.00402. The number of aromatic carboxylic acids is 1. The third-order valence-corrected chi connectivity index (χ3v) is 4.14. The lowest BCUT2D eigenvalue weighted by Gasteiger charge is -2.39. The monoisotopic (exact) mass is 298 g/mol. The van der Waals surface area contributed by atoms with Crippen molar-refractivity contribution in [2.75, 3.05) is 11.9 Å². The molecule has 1 aromatic heterocycles. The lowest BCUT2D eigenvalue weighted by molar-refractivity contribution is 0.0690. The summed E-state index contributed by atoms with van der Waals surface area (Å²) in [5.41, 5.74) is -0.595. The van der Waals surface area contributed by atoms with Gasteiger partial charge in [0.15, 0.2) is 5.69 Å². The predicted molar refractivity (Wildman–Crippen MR) is 77.3 cm³/mol. The molecule has 0 bridgehead atoms. The van der Waals surface area contributed by atoms with Gasteiger partial charge >= 0.3 is 5.97 Å². The fourth-order valence-electron chi connectivity index (χ4n) is 2.89. The number of carbonyl (C=O) groups is 1. The van der Waals surface area contributed by atoms with Crippen LogP contribution < -0.4 is 5.32 Å². The van der Waals surface area contributed by atoms with Crippen molar-refractivity contribution in [2.24, 2.45) is 5.92 Å². The van der Waals surface area contributed by atoms with Gasteiger partial charge in [0.1, 0.15) is 5.82 Å². The summed E-state index contributed by atoms with van der Waals surface area (Å²) in [5, 5.41) is 22.1. The van der Waals surface area contributed by atoms with Crippen LogP contribution in [0, 0.1) is 5.92 Å². The van der Waals surface area contributed by atoms with E-state index in [1.807, 2.05) is 0 Å². The molecule has 2 rings (SSSR count). The van der Waals surface area contributed by atoms with Crippen molar-refractivity contribution in [2.45, 2.75) is 38.1 Å². The fourth-order valence-corrected chi connectivity index (χ4v) is 3.08. The van der Waals surface area contributed by atoms with Crippen LogP contribution in [0.5, 0.6) is 0 Å². The first-order chi connectivity index (χ1) is 9.46. The van der Waals surface area contributed by atoms with Crippen LogP contribution >= 0.6 is 11.6 Å². The third-order valence-electron chi connectivity index (χ3n) is 3.84. The number of hydrogen-bond donors (Lipinski definition) is 3. The van der Waals surface area contributed by atoms with Gasteiger partial charge in [0, 0.05) is 0 Å². The van der Waals surface area contributed by atoms with E-state index in [0.29, 0.717) is 11.7 Å². The molecule has 1 aromatic rings. The van der Waals surface area contributed by atoms with Crippen molar-refractivity contribution < 1.29 is 15.0 Å². The van der Waals surface area contributed by atoms with E-state index in [2.05, 4.69) is 17.2 Å². The van der Waals surface area contributed by atoms with Crippen molar-refractivity contribution in [1.82, 2.24) is 4.98 Å². The van der Waals surface area contributed by atoms with E-state index in [4.69, 9.17) is 16.7 Å². The second kappa shape index (κ2) is 5.97. The van der Waals surface area contributed by atoms with Gasteiger partial charge in [-0.25, -0.2) is 9.78 Å². The molecule has 1 heterocycles. The summed E-state index contributed by atoms with van der Waals surface area (Å²) in [6.45, 7) is 2.16. The molecule has 3 N–H and O–H groups in total. The molecule has 2 atom stereocenters. The van der Waals surface area contributed by atoms with E-state index in [1.165, 1.54) is 6.07 Å². The Morgan fingerprint density at radius 1 is 1.60 bits per heavy atom. The number of rotatable bonds is 4. The largest absolute Gasteiger partial charge is 0.476 e. The van der Waals surface area contributed by atoms with Gasteiger partial charge in [-0.05, 0) is 30.9 Å². The smallest absolute Gasteiger partial charge is 0.356 e. The standard InChI is InChI=1S/C14H19ClN2O3/c1-9-3-2-6-14(7-9,8-18)17-11-5-4-10(15)12(16-11)13(19)20/h4-5,9,18H,2-3,6-8H2,1H3,(H,16,17)(H,19,20). The molecule has 0 aliphatic heterocycles. The summed E-state index contributed by atoms with van der Waals surface area (Å²) in [4.78, 5) is 15.1. The minimum Gasteiger partial charge on any atom is -0.476 e. The maximum Gasteiger partial charge on any atom is 0.356 e. The predicted octanol–water partition coefficient (Wildman–Crippen LogP) is 2.79. The SMILES string of the molecule is CC1CCCC(CO)(Nc2ccc(Cl)c(C(=O)O)n2)C1. The number of aromatic nitrogens is 1. The van der Waals surface area contributed by atoms with Crippen LogP contribution in [0.4, 0.5) is 5.82 Å². The molecule has 1 aliphatic rings. The van der Waals surface area contributed by atoms with Gasteiger partial charge in [0.2, 0.25) is 0 Å². The topological polar surface area (TPSA) is 82.5 Å². The molecule has 0 spiro atoms. The molecule has 6 heteroatoms. The zero-order valence-corrected chi connectivity index (χ0v) is 12.2. The Kier molecular flexibility index (Phi) is 4.50. The molecule has 1 fully saturated rings. The van der Waals surface area contributed by atoms with Crippen LogP contribution in [0.25, 0.3) is 0 Å². The number of halogens is 1. The van der Waals surface area contributed by atoms with E-state index in [0.717, 1.165) is 25.7 Å². The normalized spacial score (nSPS) is 26.2. The first-order valence-corrected chi connectivity index (χ1v) is 7.12. The Morgan fingerprint density at radius 2 is 2.35 bits per heavy atom. The number of hydrogen-bond acceptors (Lipinski definition) is 4. The van der Waals surface area contributed by atoms with Crippen LogP contribution in [0.1, 0.15) is 43.1 Å². The van der Waals surface area contributed by atoms with Gasteiger partial charge in [-0.2, -0.15) is 0 Å². The Hall–Kier alpha value is -1.33. The number of aliphatic hydroxyl groups is 1. The molecule has 1 saturated carbocycles. The van der Waals surface area contributed by atoms with Gasteiger partial charge < -0.3 is 15.5 Å². The number of pyridine rings is 1. The first-order valence-electron chi connectivity index (χ1n) is 6.75. The lowest BCUT2D eigenvalue weighted by Crippen LogP contribution is -2.46. The van der Waals surface area contributed by atoms with E-state index in [-0.39, 0.29) is 17.3 Å². The highest BCUT2D eigenvalue weighted by molar-refractivity contribution is 6.33. The number of aliphatic hydroxyl groups excluding tert-OH is 1. The zero-order chi connectivity index (χ0) is 14.8. The second-order valence-electron chi connectivity index (χ2n) is 5.60. The van der Waals surface area contributed by atoms with Gasteiger partial charge in [0.25, 0.3) is 0 Å². The highest BCUT2D eigenvalue weighted by atomic mass is 35.5. The van der Waals surface area contributed by atoms with Crippen molar-refractivity contribution in [1.29, 1.82) is 0 Å². The highest BCUT2D eigenvalue weighted by Crippen LogP contribution is 2.34. The number of carboxylic acid groups (broad SMARTS) is 1. The van der Waals surface area contributed by atoms with Gasteiger partial charge in [-0.15, -0.1) is 0 Å². The van der Waals surface area contributed by atoms with E-state index in [1.54, 1.807) is 6.07 Å². The molecule has 20 heavy (non-hydrogen) atoms. The number of nitrogens with zero attached hydrogens (tertiary/aromatic N) is 1. The Balaban J connectivity index is 2.23. The van der Waals surface area contributed by atoms with Crippen LogP contribution in [0.15, 0.2) is 12.1 Å². The van der Waals surface area contributed by atoms with Crippen molar-refractivity contribution in [3.05, 3.63) is 22.8 Å². The van der Waals surface area contributed by atoms with E-state index >= 15 is 0 Å². The molecule has 0 aromatic carbocycles. The van der Waals surface area contributed by atoms with Crippen molar-refractivity contribution in [3.8, 4) is 0 Å². The summed E-state index contributed by atoms with van der Waals surface area (Å²) in [7, 11) is 0. The Morgan fingerprint density at radius 3 is 2.95 bits per heavy atom. The molecule has 0 saturated heterocycles. The van der Waals surface area contributed by atoms with Gasteiger partial charge in [0.05, 0.1) is 17.2 Å². The van der Waals surface area contributed by atoms with Crippen molar-refractivity contribution >= 4 is 23.4 Å². The van der Waals surface area contributed by atoms with Crippen LogP contribution in [0.3, 0.4) is 0 Å². The lowest BCUT2D eigenvalue weighted by atomic mass is 9.77. The summed E-state index contributed by atoms with van der Waals surface area (Å²) in [5.74, 6) is -0.196. The Labute approximate surface area is 123 Å². The number of anilines is 1. The molecule has 110 valence electrons. The molecule has 0 radical (unpaired) electrons. The van der Waals surface area contributed by atoms with Crippen LogP contribution in [0.2, 0.25) is 5.02 Å². The van der Waals surface area contributed by atoms with Gasteiger partial charge in [-0.3, -0.25) is 0 Å². The summed E-state index contributed by atoms with van der Waals surface area (Å²) in [6, 6.07) is 3.16. The van der Waals surface area contributed by atoms with E-state index < -0.39 is 11.5 Å². The van der Waals surface area contributed by atoms with Gasteiger partial charge in [-0.1, -0.05) is 31.4 Å². The molecular weight excluding hydrogens is 280 g/mol. The maximum absolute atomic E-state index is 11.0. The maximum atomic E-state index is 11.0. The average molecular weight is 299 g/mol. The van der Waals surface area contributed by atoms with Crippen LogP contribution in [-0.4, -0.2) is 33.3 Å². The average Bonchev–Trinajstić information content (AvgIpc) is 2.41. The quantitative estimate of drug-likeness (QED) is 0.796. The summed E-state index contributed by atoms with van der Waals surface area (Å²) >= 11 is 5.81. The fraction of sp³-hybridized carbons (Fsp3) is 0.571. The zero-order valence-electron chi connectivity index (χ0n) is 11.4. The first kappa shape index (κ1) is 15.1. The van der Waals surface area contributed by atoms with Crippen LogP contribution in [-0.2, 0) is 0 Å². The molecule has 5 nitrogen and oxygen atoms in total. The molecule has 1 aliphatic carbocycles. The van der Waals surface area contributed by atoms with Crippen molar-refractivity contribution in [3.63, 3.8) is 0 Å². The summed E-state index contributed by atoms with van der Waals surface area (Å²) < 4.78 is 0. The third kappa shape index (κ3) is 3.22. The Bertz CT molecular complexity index is 509. The highest BCUT2D eigenvalue weighted by Gasteiger charge is 2.34. The second-order valence-corrected chi connectivity index (χ2v) is 6.00. The summed E-state index contributed by atoms with van der Waals surface area (Å²) in [6.07, 6.45) is 3.88. The molecule has 0 amide bonds. The minimum atomic E-state index is -1.16. The molecular formula is C14H19ClN2O3. The van der Waals surface area contributed by atoms with E-state index in [9.17, 15) is 9.90 Å². The number of nitrogens with one attached hydrogen (secondary N) is 1. The molecule has 2 unspecified atom stereocenters. The number of carboxylic acids is 1.